The van der Waals surface area contributed by atoms with Crippen molar-refractivity contribution in [2.24, 2.45) is 0 Å². The number of aliphatic hydroxyl groups is 2. The fraction of sp³-hybridized carbons (Fsp3) is 0.792. The van der Waals surface area contributed by atoms with E-state index in [1.54, 1.807) is 0 Å². The van der Waals surface area contributed by atoms with E-state index in [-0.39, 0.29) is 24.9 Å². The minimum absolute atomic E-state index is 0.0604. The lowest BCUT2D eigenvalue weighted by atomic mass is 10.0. The highest BCUT2D eigenvalue weighted by atomic mass is 16.5. The van der Waals surface area contributed by atoms with Crippen molar-refractivity contribution in [3.63, 3.8) is 0 Å². The molecule has 0 aromatic rings. The molecule has 314 valence electrons. The van der Waals surface area contributed by atoms with Gasteiger partial charge in [0.05, 0.1) is 25.2 Å². The van der Waals surface area contributed by atoms with Crippen LogP contribution in [0.3, 0.4) is 0 Å². The van der Waals surface area contributed by atoms with E-state index in [1.807, 2.05) is 0 Å². The third-order valence-corrected chi connectivity index (χ3v) is 10.2. The summed E-state index contributed by atoms with van der Waals surface area (Å²) in [5.41, 5.74) is 0. The molecule has 0 aromatic carbocycles. The number of carbonyl (C=O) groups is 2. The monoisotopic (exact) mass is 758 g/mol. The van der Waals surface area contributed by atoms with Gasteiger partial charge < -0.3 is 20.3 Å². The first-order valence-corrected chi connectivity index (χ1v) is 22.9. The summed E-state index contributed by atoms with van der Waals surface area (Å²) in [5.74, 6) is -0.508. The van der Waals surface area contributed by atoms with E-state index < -0.39 is 18.2 Å². The van der Waals surface area contributed by atoms with Crippen LogP contribution in [0.1, 0.15) is 220 Å². The van der Waals surface area contributed by atoms with Gasteiger partial charge in [0.1, 0.15) is 6.10 Å². The Balaban J connectivity index is 4.62. The number of esters is 1. The SMILES string of the molecule is CC/C=C/C=C/C=C/CCCCCCCC(CC(=O)NC(CO)C(O)CCCCCCCCCCCCCC)OC(=O)CCCCCCC/C=C\CCC. The Labute approximate surface area is 334 Å². The first kappa shape index (κ1) is 51.8. The van der Waals surface area contributed by atoms with Crippen LogP contribution in [0.25, 0.3) is 0 Å². The second-order valence-corrected chi connectivity index (χ2v) is 15.5. The first-order valence-electron chi connectivity index (χ1n) is 22.9. The summed E-state index contributed by atoms with van der Waals surface area (Å²) < 4.78 is 5.88. The van der Waals surface area contributed by atoms with Gasteiger partial charge in [-0.1, -0.05) is 191 Å². The summed E-state index contributed by atoms with van der Waals surface area (Å²) in [6.45, 7) is 6.27. The molecule has 6 nitrogen and oxygen atoms in total. The molecule has 0 saturated carbocycles. The van der Waals surface area contributed by atoms with Gasteiger partial charge in [-0.3, -0.25) is 9.59 Å². The quantitative estimate of drug-likeness (QED) is 0.0250. The van der Waals surface area contributed by atoms with Crippen LogP contribution in [0.15, 0.2) is 48.6 Å². The predicted octanol–water partition coefficient (Wildman–Crippen LogP) is 13.1. The summed E-state index contributed by atoms with van der Waals surface area (Å²) in [4.78, 5) is 25.9. The van der Waals surface area contributed by atoms with Gasteiger partial charge in [-0.15, -0.1) is 0 Å². The largest absolute Gasteiger partial charge is 0.462 e. The molecule has 0 spiro atoms. The molecule has 3 atom stereocenters. The smallest absolute Gasteiger partial charge is 0.306 e. The van der Waals surface area contributed by atoms with Crippen molar-refractivity contribution in [2.75, 3.05) is 6.61 Å². The van der Waals surface area contributed by atoms with Crippen molar-refractivity contribution in [1.29, 1.82) is 0 Å². The second-order valence-electron chi connectivity index (χ2n) is 15.5. The zero-order chi connectivity index (χ0) is 39.6. The molecule has 54 heavy (non-hydrogen) atoms. The molecule has 0 heterocycles. The maximum Gasteiger partial charge on any atom is 0.306 e. The summed E-state index contributed by atoms with van der Waals surface area (Å²) in [5, 5.41) is 23.6. The van der Waals surface area contributed by atoms with Gasteiger partial charge in [-0.05, 0) is 64.2 Å². The maximum atomic E-state index is 13.1. The van der Waals surface area contributed by atoms with Crippen LogP contribution in [0, 0.1) is 0 Å². The van der Waals surface area contributed by atoms with Crippen molar-refractivity contribution < 1.29 is 24.5 Å². The van der Waals surface area contributed by atoms with Gasteiger partial charge >= 0.3 is 5.97 Å². The van der Waals surface area contributed by atoms with Crippen molar-refractivity contribution in [1.82, 2.24) is 5.32 Å². The van der Waals surface area contributed by atoms with Gasteiger partial charge in [0.15, 0.2) is 0 Å². The highest BCUT2D eigenvalue weighted by molar-refractivity contribution is 5.77. The number of rotatable bonds is 40. The van der Waals surface area contributed by atoms with Crippen LogP contribution >= 0.6 is 0 Å². The Morgan fingerprint density at radius 3 is 1.63 bits per heavy atom. The third kappa shape index (κ3) is 36.8. The Bertz CT molecular complexity index is 941. The zero-order valence-corrected chi connectivity index (χ0v) is 35.6. The topological polar surface area (TPSA) is 95.9 Å². The standard InChI is InChI=1S/C48H87NO5/c1-4-7-10-13-16-19-22-24-25-27-30-33-36-39-44(54-48(53)41-38-35-32-29-21-18-15-12-9-6-3)42-47(52)49-45(43-50)46(51)40-37-34-31-28-26-23-20-17-14-11-8-5-2/h7,10,12-13,15-16,19,22,44-46,50-51H,4-6,8-9,11,14,17-18,20-21,23-43H2,1-3H3,(H,49,52)/b10-7+,15-12-,16-13+,22-19+. The molecule has 1 amide bonds. The van der Waals surface area contributed by atoms with Crippen LogP contribution in [0.5, 0.6) is 0 Å². The number of aliphatic hydroxyl groups excluding tert-OH is 2. The van der Waals surface area contributed by atoms with Gasteiger partial charge in [-0.25, -0.2) is 0 Å². The van der Waals surface area contributed by atoms with Crippen molar-refractivity contribution in [3.05, 3.63) is 48.6 Å². The molecule has 0 aliphatic rings. The van der Waals surface area contributed by atoms with Gasteiger partial charge in [-0.2, -0.15) is 0 Å². The molecule has 0 bridgehead atoms. The molecular weight excluding hydrogens is 671 g/mol. The summed E-state index contributed by atoms with van der Waals surface area (Å²) in [7, 11) is 0. The van der Waals surface area contributed by atoms with Crippen LogP contribution in [0.2, 0.25) is 0 Å². The Morgan fingerprint density at radius 2 is 1.06 bits per heavy atom. The number of ether oxygens (including phenoxy) is 1. The van der Waals surface area contributed by atoms with Crippen LogP contribution < -0.4 is 5.32 Å². The van der Waals surface area contributed by atoms with Gasteiger partial charge in [0.2, 0.25) is 5.91 Å². The van der Waals surface area contributed by atoms with Crippen LogP contribution in [-0.2, 0) is 14.3 Å². The van der Waals surface area contributed by atoms with E-state index in [0.29, 0.717) is 19.3 Å². The Hall–Kier alpha value is -2.18. The first-order chi connectivity index (χ1) is 26.5. The highest BCUT2D eigenvalue weighted by Crippen LogP contribution is 2.17. The summed E-state index contributed by atoms with van der Waals surface area (Å²) in [6.07, 6.45) is 48.8. The predicted molar refractivity (Wildman–Crippen MR) is 232 cm³/mol. The molecule has 0 aromatic heterocycles. The molecule has 3 N–H and O–H groups in total. The van der Waals surface area contributed by atoms with E-state index in [4.69, 9.17) is 4.74 Å². The second kappa shape index (κ2) is 42.0. The minimum atomic E-state index is -0.792. The lowest BCUT2D eigenvalue weighted by Gasteiger charge is -2.24. The molecule has 0 radical (unpaired) electrons. The fourth-order valence-electron chi connectivity index (χ4n) is 6.73. The number of allylic oxidation sites excluding steroid dienone is 8. The van der Waals surface area contributed by atoms with Crippen LogP contribution in [0.4, 0.5) is 0 Å². The minimum Gasteiger partial charge on any atom is -0.462 e. The Kier molecular flexibility index (Phi) is 40.3. The third-order valence-electron chi connectivity index (χ3n) is 10.2. The molecule has 0 rings (SSSR count). The fourth-order valence-corrected chi connectivity index (χ4v) is 6.73. The van der Waals surface area contributed by atoms with E-state index >= 15 is 0 Å². The molecule has 6 heteroatoms. The highest BCUT2D eigenvalue weighted by Gasteiger charge is 2.24. The van der Waals surface area contributed by atoms with Crippen molar-refractivity contribution in [3.8, 4) is 0 Å². The average molecular weight is 758 g/mol. The van der Waals surface area contributed by atoms with Crippen molar-refractivity contribution in [2.45, 2.75) is 238 Å². The number of hydrogen-bond acceptors (Lipinski definition) is 5. The average Bonchev–Trinajstić information content (AvgIpc) is 3.16. The maximum absolute atomic E-state index is 13.1. The number of carbonyl (C=O) groups excluding carboxylic acids is 2. The lowest BCUT2D eigenvalue weighted by molar-refractivity contribution is -0.151. The van der Waals surface area contributed by atoms with E-state index in [0.717, 1.165) is 96.3 Å². The Morgan fingerprint density at radius 1 is 0.556 bits per heavy atom. The molecule has 0 aliphatic carbocycles. The molecule has 0 aliphatic heterocycles. The summed E-state index contributed by atoms with van der Waals surface area (Å²) in [6, 6.07) is -0.707. The molecular formula is C48H87NO5. The van der Waals surface area contributed by atoms with Crippen molar-refractivity contribution >= 4 is 11.9 Å². The number of unbranched alkanes of at least 4 members (excludes halogenated alkanes) is 22. The molecule has 3 unspecified atom stereocenters. The van der Waals surface area contributed by atoms with E-state index in [9.17, 15) is 19.8 Å². The molecule has 0 saturated heterocycles. The van der Waals surface area contributed by atoms with E-state index in [2.05, 4.69) is 74.7 Å². The normalized spacial score (nSPS) is 13.8. The van der Waals surface area contributed by atoms with Crippen LogP contribution in [-0.4, -0.2) is 46.9 Å². The number of amides is 1. The lowest BCUT2D eigenvalue weighted by Crippen LogP contribution is -2.46. The van der Waals surface area contributed by atoms with Gasteiger partial charge in [0.25, 0.3) is 0 Å². The van der Waals surface area contributed by atoms with Gasteiger partial charge in [0, 0.05) is 6.42 Å². The number of hydrogen-bond donors (Lipinski definition) is 3. The molecule has 0 fully saturated rings. The van der Waals surface area contributed by atoms with E-state index in [1.165, 1.54) is 77.0 Å². The number of nitrogens with one attached hydrogen (secondary N) is 1. The zero-order valence-electron chi connectivity index (χ0n) is 35.6. The summed E-state index contributed by atoms with van der Waals surface area (Å²) >= 11 is 0.